The number of aromatic amines is 1. The largest absolute Gasteiger partial charge is 0.307 e. The summed E-state index contributed by atoms with van der Waals surface area (Å²) in [6, 6.07) is 13.7. The van der Waals surface area contributed by atoms with Crippen molar-refractivity contribution >= 4 is 27.3 Å². The number of hydrogen-bond acceptors (Lipinski definition) is 5. The highest BCUT2D eigenvalue weighted by atomic mass is 35.5. The van der Waals surface area contributed by atoms with E-state index in [1.807, 2.05) is 13.0 Å². The molecule has 0 aliphatic heterocycles. The predicted molar refractivity (Wildman–Crippen MR) is 107 cm³/mol. The van der Waals surface area contributed by atoms with Crippen LogP contribution in [0.2, 0.25) is 5.02 Å². The molecule has 0 spiro atoms. The molecule has 0 saturated carbocycles. The number of nitriles is 1. The molecule has 1 aromatic heterocycles. The zero-order chi connectivity index (χ0) is 20.3. The number of rotatable bonds is 5. The molecule has 1 heterocycles. The molecule has 0 amide bonds. The monoisotopic (exact) mass is 414 g/mol. The van der Waals surface area contributed by atoms with E-state index in [2.05, 4.69) is 14.7 Å². The molecule has 0 saturated heterocycles. The second kappa shape index (κ2) is 7.84. The fraction of sp³-hybridized carbons (Fsp3) is 0.105. The van der Waals surface area contributed by atoms with Crippen LogP contribution < -0.4 is 10.3 Å². The van der Waals surface area contributed by atoms with Gasteiger partial charge in [-0.15, -0.1) is 0 Å². The van der Waals surface area contributed by atoms with Crippen molar-refractivity contribution in [1.82, 2.24) is 9.97 Å². The number of nitrogens with one attached hydrogen (secondary N) is 2. The maximum atomic E-state index is 12.6. The van der Waals surface area contributed by atoms with Gasteiger partial charge < -0.3 is 4.98 Å². The van der Waals surface area contributed by atoms with E-state index in [0.29, 0.717) is 29.2 Å². The SMILES string of the molecule is CCc1cc(=O)[nH]c(-c2cccc(NS(=O)(=O)c3ccc(C#N)c(Cl)c3)c2)n1. The number of anilines is 1. The molecule has 0 atom stereocenters. The Morgan fingerprint density at radius 1 is 1.21 bits per heavy atom. The molecule has 3 aromatic rings. The molecular formula is C19H15ClN4O3S. The van der Waals surface area contributed by atoms with Crippen LogP contribution in [0.1, 0.15) is 18.2 Å². The first-order chi connectivity index (χ1) is 13.3. The van der Waals surface area contributed by atoms with Crippen LogP contribution in [-0.2, 0) is 16.4 Å². The van der Waals surface area contributed by atoms with Gasteiger partial charge in [0, 0.05) is 23.0 Å². The molecule has 7 nitrogen and oxygen atoms in total. The van der Waals surface area contributed by atoms with Crippen LogP contribution in [-0.4, -0.2) is 18.4 Å². The molecule has 2 N–H and O–H groups in total. The molecule has 9 heteroatoms. The quantitative estimate of drug-likeness (QED) is 0.664. The van der Waals surface area contributed by atoms with Crippen molar-refractivity contribution in [3.8, 4) is 17.5 Å². The summed E-state index contributed by atoms with van der Waals surface area (Å²) < 4.78 is 27.7. The first-order valence-corrected chi connectivity index (χ1v) is 10.1. The topological polar surface area (TPSA) is 116 Å². The highest BCUT2D eigenvalue weighted by molar-refractivity contribution is 7.92. The van der Waals surface area contributed by atoms with E-state index in [4.69, 9.17) is 16.9 Å². The maximum Gasteiger partial charge on any atom is 0.261 e. The number of halogens is 1. The lowest BCUT2D eigenvalue weighted by Gasteiger charge is -2.10. The lowest BCUT2D eigenvalue weighted by molar-refractivity contribution is 0.601. The number of benzene rings is 2. The fourth-order valence-corrected chi connectivity index (χ4v) is 3.89. The average Bonchev–Trinajstić information content (AvgIpc) is 2.67. The molecular weight excluding hydrogens is 400 g/mol. The van der Waals surface area contributed by atoms with Crippen molar-refractivity contribution in [2.24, 2.45) is 0 Å². The van der Waals surface area contributed by atoms with Crippen LogP contribution in [0.15, 0.2) is 58.2 Å². The van der Waals surface area contributed by atoms with E-state index < -0.39 is 10.0 Å². The zero-order valence-electron chi connectivity index (χ0n) is 14.7. The van der Waals surface area contributed by atoms with Crippen molar-refractivity contribution in [2.75, 3.05) is 4.72 Å². The van der Waals surface area contributed by atoms with Crippen LogP contribution >= 0.6 is 11.6 Å². The maximum absolute atomic E-state index is 12.6. The minimum atomic E-state index is -3.92. The summed E-state index contributed by atoms with van der Waals surface area (Å²) in [5.74, 6) is 0.354. The van der Waals surface area contributed by atoms with Gasteiger partial charge in [-0.3, -0.25) is 9.52 Å². The van der Waals surface area contributed by atoms with E-state index >= 15 is 0 Å². The predicted octanol–water partition coefficient (Wildman–Crippen LogP) is 3.33. The van der Waals surface area contributed by atoms with Crippen LogP contribution in [0.3, 0.4) is 0 Å². The second-order valence-electron chi connectivity index (χ2n) is 5.88. The Balaban J connectivity index is 1.95. The Labute approximate surface area is 166 Å². The fourth-order valence-electron chi connectivity index (χ4n) is 2.52. The number of aromatic nitrogens is 2. The Hall–Kier alpha value is -3.15. The summed E-state index contributed by atoms with van der Waals surface area (Å²) in [4.78, 5) is 18.7. The number of aryl methyl sites for hydroxylation is 1. The van der Waals surface area contributed by atoms with Gasteiger partial charge >= 0.3 is 0 Å². The summed E-state index contributed by atoms with van der Waals surface area (Å²) in [5.41, 5.74) is 1.40. The second-order valence-corrected chi connectivity index (χ2v) is 7.97. The molecule has 0 fully saturated rings. The lowest BCUT2D eigenvalue weighted by atomic mass is 10.2. The molecule has 0 aliphatic carbocycles. The highest BCUT2D eigenvalue weighted by Crippen LogP contribution is 2.24. The van der Waals surface area contributed by atoms with Gasteiger partial charge in [0.25, 0.3) is 15.6 Å². The summed E-state index contributed by atoms with van der Waals surface area (Å²) in [7, 11) is -3.92. The van der Waals surface area contributed by atoms with Gasteiger partial charge in [-0.25, -0.2) is 13.4 Å². The van der Waals surface area contributed by atoms with Crippen LogP contribution in [0.25, 0.3) is 11.4 Å². The van der Waals surface area contributed by atoms with E-state index in [1.165, 1.54) is 24.3 Å². The molecule has 28 heavy (non-hydrogen) atoms. The number of nitrogens with zero attached hydrogens (tertiary/aromatic N) is 2. The number of sulfonamides is 1. The van der Waals surface area contributed by atoms with E-state index in [9.17, 15) is 13.2 Å². The molecule has 142 valence electrons. The Morgan fingerprint density at radius 2 is 2.00 bits per heavy atom. The van der Waals surface area contributed by atoms with Crippen molar-refractivity contribution < 1.29 is 8.42 Å². The highest BCUT2D eigenvalue weighted by Gasteiger charge is 2.16. The zero-order valence-corrected chi connectivity index (χ0v) is 16.3. The van der Waals surface area contributed by atoms with Crippen LogP contribution in [0.4, 0.5) is 5.69 Å². The third-order valence-corrected chi connectivity index (χ3v) is 5.61. The third-order valence-electron chi connectivity index (χ3n) is 3.92. The Morgan fingerprint density at radius 3 is 2.68 bits per heavy atom. The third kappa shape index (κ3) is 4.22. The van der Waals surface area contributed by atoms with Gasteiger partial charge in [-0.2, -0.15) is 5.26 Å². The van der Waals surface area contributed by atoms with Crippen molar-refractivity contribution in [1.29, 1.82) is 5.26 Å². The molecule has 0 unspecified atom stereocenters. The molecule has 2 aromatic carbocycles. The molecule has 0 aliphatic rings. The van der Waals surface area contributed by atoms with Crippen molar-refractivity contribution in [3.05, 3.63) is 75.2 Å². The molecule has 0 radical (unpaired) electrons. The van der Waals surface area contributed by atoms with Gasteiger partial charge in [-0.1, -0.05) is 30.7 Å². The van der Waals surface area contributed by atoms with E-state index in [0.717, 1.165) is 0 Å². The summed E-state index contributed by atoms with van der Waals surface area (Å²) >= 11 is 5.93. The average molecular weight is 415 g/mol. The van der Waals surface area contributed by atoms with Crippen molar-refractivity contribution in [2.45, 2.75) is 18.2 Å². The van der Waals surface area contributed by atoms with Gasteiger partial charge in [0.05, 0.1) is 15.5 Å². The first kappa shape index (κ1) is 19.6. The summed E-state index contributed by atoms with van der Waals surface area (Å²) in [6.07, 6.45) is 0.600. The molecule has 0 bridgehead atoms. The van der Waals surface area contributed by atoms with E-state index in [1.54, 1.807) is 24.3 Å². The van der Waals surface area contributed by atoms with Crippen molar-refractivity contribution in [3.63, 3.8) is 0 Å². The Bertz CT molecular complexity index is 1250. The van der Waals surface area contributed by atoms with Gasteiger partial charge in [0.15, 0.2) is 0 Å². The number of H-pyrrole nitrogens is 1. The standard InChI is InChI=1S/C19H15ClN4O3S/c1-2-14-9-18(25)23-19(22-14)12-4-3-5-15(8-12)24-28(26,27)16-7-6-13(11-21)17(20)10-16/h3-10,24H,2H2,1H3,(H,22,23,25). The smallest absolute Gasteiger partial charge is 0.261 e. The minimum Gasteiger partial charge on any atom is -0.307 e. The summed E-state index contributed by atoms with van der Waals surface area (Å²) in [5, 5.41) is 8.97. The first-order valence-electron chi connectivity index (χ1n) is 8.25. The minimum absolute atomic E-state index is 0.0530. The van der Waals surface area contributed by atoms with Gasteiger partial charge in [-0.05, 0) is 36.8 Å². The normalized spacial score (nSPS) is 11.0. The molecule has 3 rings (SSSR count). The Kier molecular flexibility index (Phi) is 5.49. The van der Waals surface area contributed by atoms with Gasteiger partial charge in [0.1, 0.15) is 11.9 Å². The van der Waals surface area contributed by atoms with Gasteiger partial charge in [0.2, 0.25) is 0 Å². The van der Waals surface area contributed by atoms with E-state index in [-0.39, 0.29) is 21.0 Å². The summed E-state index contributed by atoms with van der Waals surface area (Å²) in [6.45, 7) is 1.89. The number of hydrogen-bond donors (Lipinski definition) is 2. The van der Waals surface area contributed by atoms with Crippen LogP contribution in [0, 0.1) is 11.3 Å². The van der Waals surface area contributed by atoms with Crippen LogP contribution in [0.5, 0.6) is 0 Å². The lowest BCUT2D eigenvalue weighted by Crippen LogP contribution is -2.13.